The molecule has 2 N–H and O–H groups in total. The third kappa shape index (κ3) is 13.2. The molecular formula is C45H56Cl2N6O5. The van der Waals surface area contributed by atoms with Gasteiger partial charge in [0.1, 0.15) is 5.75 Å². The predicted molar refractivity (Wildman–Crippen MR) is 233 cm³/mol. The monoisotopic (exact) mass is 830 g/mol. The van der Waals surface area contributed by atoms with Crippen LogP contribution in [0.5, 0.6) is 5.75 Å². The van der Waals surface area contributed by atoms with Gasteiger partial charge in [0.05, 0.1) is 51.5 Å². The van der Waals surface area contributed by atoms with Crippen molar-refractivity contribution in [3.63, 3.8) is 0 Å². The van der Waals surface area contributed by atoms with E-state index in [-0.39, 0.29) is 18.0 Å². The maximum absolute atomic E-state index is 13.1. The Balaban J connectivity index is 0.000000234. The number of pyridine rings is 1. The fourth-order valence-electron chi connectivity index (χ4n) is 6.75. The number of carbonyl (C=O) groups is 2. The Morgan fingerprint density at radius 3 is 2.34 bits per heavy atom. The number of piperidine rings is 1. The van der Waals surface area contributed by atoms with E-state index in [1.807, 2.05) is 38.4 Å². The van der Waals surface area contributed by atoms with Gasteiger partial charge < -0.3 is 25.0 Å². The first-order chi connectivity index (χ1) is 27.9. The van der Waals surface area contributed by atoms with Crippen molar-refractivity contribution in [2.45, 2.75) is 83.3 Å². The zero-order valence-corrected chi connectivity index (χ0v) is 35.6. The normalized spacial score (nSPS) is 14.7. The molecule has 7 rings (SSSR count). The number of aryl methyl sites for hydroxylation is 2. The number of aromatic nitrogens is 3. The maximum atomic E-state index is 13.1. The van der Waals surface area contributed by atoms with Gasteiger partial charge in [-0.1, -0.05) is 71.2 Å². The Morgan fingerprint density at radius 2 is 1.69 bits per heavy atom. The number of rotatable bonds is 14. The Bertz CT molecular complexity index is 2190. The number of fused-ring (bicyclic) bond motifs is 2. The van der Waals surface area contributed by atoms with Crippen LogP contribution in [0, 0.1) is 13.8 Å². The van der Waals surface area contributed by atoms with Crippen molar-refractivity contribution in [3.05, 3.63) is 110 Å². The zero-order valence-electron chi connectivity index (χ0n) is 34.1. The van der Waals surface area contributed by atoms with E-state index in [9.17, 15) is 19.5 Å². The van der Waals surface area contributed by atoms with Crippen molar-refractivity contribution in [1.82, 2.24) is 29.7 Å². The number of halogens is 2. The number of nitrogens with one attached hydrogen (secondary N) is 1. The molecule has 13 heteroatoms. The van der Waals surface area contributed by atoms with Crippen molar-refractivity contribution >= 4 is 57.3 Å². The van der Waals surface area contributed by atoms with E-state index < -0.39 is 5.60 Å². The molecule has 2 fully saturated rings. The summed E-state index contributed by atoms with van der Waals surface area (Å²) >= 11 is 12.6. The number of likely N-dealkylation sites (tertiary alicyclic amines) is 1. The first kappa shape index (κ1) is 44.6. The lowest BCUT2D eigenvalue weighted by atomic mass is 9.91. The van der Waals surface area contributed by atoms with E-state index >= 15 is 0 Å². The summed E-state index contributed by atoms with van der Waals surface area (Å²) in [5, 5.41) is 16.3. The largest absolute Gasteiger partial charge is 0.492 e. The van der Waals surface area contributed by atoms with Gasteiger partial charge in [0, 0.05) is 55.7 Å². The van der Waals surface area contributed by atoms with Crippen LogP contribution < -0.4 is 15.6 Å². The van der Waals surface area contributed by atoms with Gasteiger partial charge >= 0.3 is 0 Å². The molecule has 3 heterocycles. The number of amides is 2. The van der Waals surface area contributed by atoms with E-state index in [1.54, 1.807) is 17.0 Å². The lowest BCUT2D eigenvalue weighted by Gasteiger charge is -2.38. The molecule has 11 nitrogen and oxygen atoms in total. The fourth-order valence-corrected chi connectivity index (χ4v) is 7.24. The summed E-state index contributed by atoms with van der Waals surface area (Å²) in [7, 11) is 3.99. The van der Waals surface area contributed by atoms with Crippen LogP contribution in [0.2, 0.25) is 10.0 Å². The van der Waals surface area contributed by atoms with Gasteiger partial charge in [0.2, 0.25) is 12.3 Å². The topological polar surface area (TPSA) is 130 Å². The van der Waals surface area contributed by atoms with Gasteiger partial charge in [-0.3, -0.25) is 23.9 Å². The van der Waals surface area contributed by atoms with Crippen molar-refractivity contribution in [3.8, 4) is 5.75 Å². The molecule has 58 heavy (non-hydrogen) atoms. The summed E-state index contributed by atoms with van der Waals surface area (Å²) in [4.78, 5) is 48.7. The summed E-state index contributed by atoms with van der Waals surface area (Å²) in [6.07, 6.45) is 8.06. The molecule has 2 aromatic heterocycles. The molecule has 0 spiro atoms. The molecule has 0 atom stereocenters. The number of carbonyl (C=O) groups excluding carboxylic acids is 2. The summed E-state index contributed by atoms with van der Waals surface area (Å²) in [6, 6.07) is 21.8. The average Bonchev–Trinajstić information content (AvgIpc) is 4.05. The molecule has 1 aliphatic carbocycles. The summed E-state index contributed by atoms with van der Waals surface area (Å²) in [5.74, 6) is 1.19. The first-order valence-corrected chi connectivity index (χ1v) is 20.8. The molecule has 3 aromatic carbocycles. The first-order valence-electron chi connectivity index (χ1n) is 20.1. The average molecular weight is 832 g/mol. The molecule has 0 radical (unpaired) electrons. The molecule has 5 aromatic rings. The quantitative estimate of drug-likeness (QED) is 0.0860. The second kappa shape index (κ2) is 21.5. The highest BCUT2D eigenvalue weighted by Crippen LogP contribution is 2.41. The number of nitrogens with zero attached hydrogens (tertiary/aromatic N) is 5. The number of ether oxygens (including phenoxy) is 1. The van der Waals surface area contributed by atoms with Gasteiger partial charge in [0.15, 0.2) is 0 Å². The van der Waals surface area contributed by atoms with Gasteiger partial charge in [-0.2, -0.15) is 0 Å². The van der Waals surface area contributed by atoms with Crippen LogP contribution in [0.15, 0.2) is 77.9 Å². The third-order valence-electron chi connectivity index (χ3n) is 10.3. The lowest BCUT2D eigenvalue weighted by molar-refractivity contribution is -0.136. The van der Waals surface area contributed by atoms with E-state index in [1.165, 1.54) is 34.9 Å². The standard InChI is InChI=1S/C25H36ClN5O5.C13H12ClN.C7H8/c1-29(2)10-5-13-36-22-15-21-19(14-20(22)26)24(34)31(17-28-21)16-25(35)7-11-30(12-8-25)23(33)6-3-4-9-27-18-32;1-8-2-5-10-11(14)7-12(9-3-4-9)15-13(10)6-8;1-7-5-3-2-4-6-7/h14-15,17-18,35H,3-13,16H2,1-2H3,(H,27,32);2,5-7,9H,3-4H2,1H3;2-6H,1H3. The summed E-state index contributed by atoms with van der Waals surface area (Å²) in [6.45, 7) is 7.07. The van der Waals surface area contributed by atoms with E-state index in [0.29, 0.717) is 85.9 Å². The van der Waals surface area contributed by atoms with Crippen LogP contribution >= 0.6 is 23.2 Å². The van der Waals surface area contributed by atoms with Crippen molar-refractivity contribution in [2.75, 3.05) is 46.9 Å². The number of benzene rings is 3. The van der Waals surface area contributed by atoms with Crippen LogP contribution in [0.25, 0.3) is 21.8 Å². The van der Waals surface area contributed by atoms with Crippen LogP contribution in [-0.4, -0.2) is 94.2 Å². The van der Waals surface area contributed by atoms with Gasteiger partial charge in [0.25, 0.3) is 5.56 Å². The minimum Gasteiger partial charge on any atom is -0.492 e. The Kier molecular flexibility index (Phi) is 16.5. The summed E-state index contributed by atoms with van der Waals surface area (Å²) in [5.41, 5.74) is 3.85. The zero-order chi connectivity index (χ0) is 41.7. The maximum Gasteiger partial charge on any atom is 0.261 e. The molecule has 0 bridgehead atoms. The highest BCUT2D eigenvalue weighted by molar-refractivity contribution is 6.35. The lowest BCUT2D eigenvalue weighted by Crippen LogP contribution is -2.49. The SMILES string of the molecule is CN(C)CCCOc1cc2ncn(CC3(O)CCN(C(=O)CCCCNC=O)CC3)c(=O)c2cc1Cl.Cc1ccc2c(Cl)cc(C3CC3)nc2c1.Cc1ccccc1. The fraction of sp³-hybridized carbons (Fsp3) is 0.444. The minimum atomic E-state index is -1.11. The highest BCUT2D eigenvalue weighted by atomic mass is 35.5. The Hall–Kier alpha value is -4.55. The van der Waals surface area contributed by atoms with Gasteiger partial charge in [-0.15, -0.1) is 0 Å². The van der Waals surface area contributed by atoms with E-state index in [2.05, 4.69) is 64.4 Å². The second-order valence-electron chi connectivity index (χ2n) is 15.6. The van der Waals surface area contributed by atoms with Crippen LogP contribution in [0.4, 0.5) is 0 Å². The molecule has 0 unspecified atom stereocenters. The molecule has 310 valence electrons. The molecule has 1 saturated carbocycles. The highest BCUT2D eigenvalue weighted by Gasteiger charge is 2.34. The molecule has 1 aliphatic heterocycles. The van der Waals surface area contributed by atoms with Crippen LogP contribution in [-0.2, 0) is 16.1 Å². The van der Waals surface area contributed by atoms with Crippen molar-refractivity contribution in [2.24, 2.45) is 0 Å². The molecule has 2 aliphatic rings. The van der Waals surface area contributed by atoms with E-state index in [4.69, 9.17) is 27.9 Å². The number of aliphatic hydroxyl groups is 1. The van der Waals surface area contributed by atoms with Crippen molar-refractivity contribution < 1.29 is 19.4 Å². The van der Waals surface area contributed by atoms with Crippen LogP contribution in [0.1, 0.15) is 74.1 Å². The summed E-state index contributed by atoms with van der Waals surface area (Å²) < 4.78 is 7.19. The molecule has 2 amide bonds. The second-order valence-corrected chi connectivity index (χ2v) is 16.4. The molecular weight excluding hydrogens is 775 g/mol. The van der Waals surface area contributed by atoms with Crippen LogP contribution in [0.3, 0.4) is 0 Å². The smallest absolute Gasteiger partial charge is 0.261 e. The minimum absolute atomic E-state index is 0.0436. The Morgan fingerprint density at radius 1 is 0.948 bits per heavy atom. The Labute approximate surface area is 351 Å². The van der Waals surface area contributed by atoms with E-state index in [0.717, 1.165) is 41.0 Å². The van der Waals surface area contributed by atoms with Crippen molar-refractivity contribution in [1.29, 1.82) is 0 Å². The molecule has 1 saturated heterocycles. The number of unbranched alkanes of at least 4 members (excludes halogenated alkanes) is 1. The van der Waals surface area contributed by atoms with Gasteiger partial charge in [-0.25, -0.2) is 4.98 Å². The van der Waals surface area contributed by atoms with Gasteiger partial charge in [-0.05, 0) is 96.7 Å². The predicted octanol–water partition coefficient (Wildman–Crippen LogP) is 7.72. The number of hydrogen-bond acceptors (Lipinski definition) is 8. The number of hydrogen-bond donors (Lipinski definition) is 2. The third-order valence-corrected chi connectivity index (χ3v) is 10.9.